The fraction of sp³-hybridized carbons (Fsp3) is 0.263. The fourth-order valence-electron chi connectivity index (χ4n) is 2.50. The van der Waals surface area contributed by atoms with Crippen molar-refractivity contribution in [3.05, 3.63) is 54.1 Å². The summed E-state index contributed by atoms with van der Waals surface area (Å²) in [7, 11) is 0. The Morgan fingerprint density at radius 1 is 1.20 bits per heavy atom. The van der Waals surface area contributed by atoms with Crippen molar-refractivity contribution in [3.63, 3.8) is 0 Å². The molecule has 1 heterocycles. The highest BCUT2D eigenvalue weighted by atomic mass is 16.5. The van der Waals surface area contributed by atoms with Crippen LogP contribution in [0.2, 0.25) is 0 Å². The van der Waals surface area contributed by atoms with Crippen LogP contribution in [-0.2, 0) is 16.0 Å². The SMILES string of the molecule is O=C(CCOc1ccccc1)NCCc1ccc2c(c1)NC(=O)CO2. The number of amides is 2. The van der Waals surface area contributed by atoms with Gasteiger partial charge >= 0.3 is 0 Å². The number of fused-ring (bicyclic) bond motifs is 1. The highest BCUT2D eigenvalue weighted by Gasteiger charge is 2.15. The third kappa shape index (κ3) is 4.97. The van der Waals surface area contributed by atoms with Crippen LogP contribution in [0.5, 0.6) is 11.5 Å². The van der Waals surface area contributed by atoms with Gasteiger partial charge in [0, 0.05) is 6.54 Å². The summed E-state index contributed by atoms with van der Waals surface area (Å²) in [5.74, 6) is 1.22. The highest BCUT2D eigenvalue weighted by molar-refractivity contribution is 5.95. The number of anilines is 1. The second-order valence-corrected chi connectivity index (χ2v) is 5.68. The summed E-state index contributed by atoms with van der Waals surface area (Å²) in [6, 6.07) is 15.0. The Morgan fingerprint density at radius 3 is 2.88 bits per heavy atom. The van der Waals surface area contributed by atoms with Crippen LogP contribution in [0.25, 0.3) is 0 Å². The molecule has 0 unspecified atom stereocenters. The Labute approximate surface area is 146 Å². The minimum Gasteiger partial charge on any atom is -0.493 e. The van der Waals surface area contributed by atoms with Crippen molar-refractivity contribution in [2.24, 2.45) is 0 Å². The first-order chi connectivity index (χ1) is 12.2. The Bertz CT molecular complexity index is 746. The van der Waals surface area contributed by atoms with E-state index in [1.807, 2.05) is 48.5 Å². The second-order valence-electron chi connectivity index (χ2n) is 5.68. The number of hydrogen-bond donors (Lipinski definition) is 2. The number of carbonyl (C=O) groups excluding carboxylic acids is 2. The van der Waals surface area contributed by atoms with E-state index in [0.29, 0.717) is 37.4 Å². The molecule has 6 heteroatoms. The molecule has 0 saturated carbocycles. The van der Waals surface area contributed by atoms with Crippen molar-refractivity contribution in [1.82, 2.24) is 5.32 Å². The van der Waals surface area contributed by atoms with Crippen LogP contribution in [-0.4, -0.2) is 31.6 Å². The van der Waals surface area contributed by atoms with Gasteiger partial charge in [-0.1, -0.05) is 24.3 Å². The van der Waals surface area contributed by atoms with Gasteiger partial charge in [-0.05, 0) is 36.2 Å². The Morgan fingerprint density at radius 2 is 2.04 bits per heavy atom. The summed E-state index contributed by atoms with van der Waals surface area (Å²) in [5, 5.41) is 5.64. The first-order valence-corrected chi connectivity index (χ1v) is 8.21. The minimum atomic E-state index is -0.156. The maximum absolute atomic E-state index is 11.8. The van der Waals surface area contributed by atoms with E-state index >= 15 is 0 Å². The maximum Gasteiger partial charge on any atom is 0.262 e. The van der Waals surface area contributed by atoms with Crippen LogP contribution in [0.4, 0.5) is 5.69 Å². The van der Waals surface area contributed by atoms with Crippen molar-refractivity contribution in [3.8, 4) is 11.5 Å². The lowest BCUT2D eigenvalue weighted by Gasteiger charge is -2.18. The second kappa shape index (κ2) is 8.19. The molecule has 0 radical (unpaired) electrons. The van der Waals surface area contributed by atoms with Crippen molar-refractivity contribution in [2.45, 2.75) is 12.8 Å². The molecular weight excluding hydrogens is 320 g/mol. The Kier molecular flexibility index (Phi) is 5.51. The molecule has 0 fully saturated rings. The van der Waals surface area contributed by atoms with Crippen molar-refractivity contribution >= 4 is 17.5 Å². The summed E-state index contributed by atoms with van der Waals surface area (Å²) in [4.78, 5) is 23.2. The van der Waals surface area contributed by atoms with Gasteiger partial charge in [0.2, 0.25) is 5.91 Å². The number of nitrogens with one attached hydrogen (secondary N) is 2. The number of benzene rings is 2. The number of rotatable bonds is 7. The van der Waals surface area contributed by atoms with E-state index in [2.05, 4.69) is 10.6 Å². The van der Waals surface area contributed by atoms with E-state index in [0.717, 1.165) is 11.3 Å². The van der Waals surface area contributed by atoms with E-state index in [1.165, 1.54) is 0 Å². The maximum atomic E-state index is 11.8. The lowest BCUT2D eigenvalue weighted by Crippen LogP contribution is -2.27. The summed E-state index contributed by atoms with van der Waals surface area (Å²) in [5.41, 5.74) is 1.70. The average Bonchev–Trinajstić information content (AvgIpc) is 2.62. The lowest BCUT2D eigenvalue weighted by molar-refractivity contribution is -0.121. The van der Waals surface area contributed by atoms with Crippen LogP contribution in [0.15, 0.2) is 48.5 Å². The van der Waals surface area contributed by atoms with Crippen molar-refractivity contribution in [1.29, 1.82) is 0 Å². The van der Waals surface area contributed by atoms with E-state index in [-0.39, 0.29) is 18.4 Å². The summed E-state index contributed by atoms with van der Waals surface area (Å²) >= 11 is 0. The molecule has 0 aromatic heterocycles. The molecular formula is C19H20N2O4. The van der Waals surface area contributed by atoms with Gasteiger partial charge in [-0.3, -0.25) is 9.59 Å². The van der Waals surface area contributed by atoms with E-state index in [4.69, 9.17) is 9.47 Å². The van der Waals surface area contributed by atoms with Gasteiger partial charge in [0.15, 0.2) is 6.61 Å². The molecule has 2 amide bonds. The van der Waals surface area contributed by atoms with Gasteiger partial charge in [0.25, 0.3) is 5.91 Å². The van der Waals surface area contributed by atoms with Crippen LogP contribution < -0.4 is 20.1 Å². The predicted octanol–water partition coefficient (Wildman–Crippen LogP) is 2.15. The Balaban J connectivity index is 1.38. The minimum absolute atomic E-state index is 0.0491. The predicted molar refractivity (Wildman–Crippen MR) is 93.8 cm³/mol. The number of hydrogen-bond acceptors (Lipinski definition) is 4. The fourth-order valence-corrected chi connectivity index (χ4v) is 2.50. The summed E-state index contributed by atoms with van der Waals surface area (Å²) in [6.07, 6.45) is 0.984. The average molecular weight is 340 g/mol. The molecule has 0 saturated heterocycles. The Hall–Kier alpha value is -3.02. The molecule has 0 atom stereocenters. The molecule has 1 aliphatic heterocycles. The van der Waals surface area contributed by atoms with Gasteiger partial charge in [0.1, 0.15) is 11.5 Å². The number of ether oxygens (including phenoxy) is 2. The molecule has 0 spiro atoms. The van der Waals surface area contributed by atoms with Gasteiger partial charge in [-0.15, -0.1) is 0 Å². The summed E-state index contributed by atoms with van der Waals surface area (Å²) in [6.45, 7) is 0.920. The van der Waals surface area contributed by atoms with Crippen LogP contribution in [0, 0.1) is 0 Å². The normalized spacial score (nSPS) is 12.6. The number of carbonyl (C=O) groups is 2. The molecule has 130 valence electrons. The number of para-hydroxylation sites is 1. The quantitative estimate of drug-likeness (QED) is 0.810. The zero-order valence-electron chi connectivity index (χ0n) is 13.8. The lowest BCUT2D eigenvalue weighted by atomic mass is 10.1. The smallest absolute Gasteiger partial charge is 0.262 e. The standard InChI is InChI=1S/C19H20N2O4/c22-18(9-11-24-15-4-2-1-3-5-15)20-10-8-14-6-7-17-16(12-14)21-19(23)13-25-17/h1-7,12H,8-11,13H2,(H,20,22)(H,21,23). The zero-order chi connectivity index (χ0) is 17.5. The molecule has 25 heavy (non-hydrogen) atoms. The highest BCUT2D eigenvalue weighted by Crippen LogP contribution is 2.28. The molecule has 0 bridgehead atoms. The topological polar surface area (TPSA) is 76.7 Å². The molecule has 2 aromatic carbocycles. The van der Waals surface area contributed by atoms with Gasteiger partial charge in [0.05, 0.1) is 18.7 Å². The summed E-state index contributed by atoms with van der Waals surface area (Å²) < 4.78 is 10.8. The first kappa shape index (κ1) is 16.8. The zero-order valence-corrected chi connectivity index (χ0v) is 13.8. The molecule has 0 aliphatic carbocycles. The van der Waals surface area contributed by atoms with E-state index in [1.54, 1.807) is 0 Å². The van der Waals surface area contributed by atoms with Crippen LogP contribution in [0.3, 0.4) is 0 Å². The largest absolute Gasteiger partial charge is 0.493 e. The van der Waals surface area contributed by atoms with Gasteiger partial charge in [-0.25, -0.2) is 0 Å². The molecule has 2 N–H and O–H groups in total. The van der Waals surface area contributed by atoms with Gasteiger partial charge < -0.3 is 20.1 Å². The molecule has 6 nitrogen and oxygen atoms in total. The van der Waals surface area contributed by atoms with Crippen LogP contribution >= 0.6 is 0 Å². The molecule has 3 rings (SSSR count). The van der Waals surface area contributed by atoms with Crippen molar-refractivity contribution in [2.75, 3.05) is 25.1 Å². The van der Waals surface area contributed by atoms with E-state index in [9.17, 15) is 9.59 Å². The monoisotopic (exact) mass is 340 g/mol. The van der Waals surface area contributed by atoms with Gasteiger partial charge in [-0.2, -0.15) is 0 Å². The van der Waals surface area contributed by atoms with E-state index < -0.39 is 0 Å². The van der Waals surface area contributed by atoms with Crippen molar-refractivity contribution < 1.29 is 19.1 Å². The third-order valence-electron chi connectivity index (χ3n) is 3.75. The third-order valence-corrected chi connectivity index (χ3v) is 3.75. The molecule has 2 aromatic rings. The first-order valence-electron chi connectivity index (χ1n) is 8.21. The molecule has 1 aliphatic rings. The van der Waals surface area contributed by atoms with Crippen LogP contribution in [0.1, 0.15) is 12.0 Å².